The van der Waals surface area contributed by atoms with Gasteiger partial charge in [-0.1, -0.05) is 116 Å². The Morgan fingerprint density at radius 2 is 1.06 bits per heavy atom. The van der Waals surface area contributed by atoms with Crippen LogP contribution in [0.3, 0.4) is 0 Å². The highest BCUT2D eigenvalue weighted by Crippen LogP contribution is 2.51. The summed E-state index contributed by atoms with van der Waals surface area (Å²) in [6, 6.07) is 0. The molecule has 204 valence electrons. The van der Waals surface area contributed by atoms with Crippen LogP contribution in [0.25, 0.3) is 0 Å². The van der Waals surface area contributed by atoms with Crippen LogP contribution in [0.15, 0.2) is 12.2 Å². The highest BCUT2D eigenvalue weighted by molar-refractivity contribution is 7.53. The van der Waals surface area contributed by atoms with Gasteiger partial charge in [-0.15, -0.1) is 0 Å². The second kappa shape index (κ2) is 22.1. The number of hydrogen-bond donors (Lipinski definition) is 1. The largest absolute Gasteiger partial charge is 0.385 e. The third kappa shape index (κ3) is 20.1. The highest BCUT2D eigenvalue weighted by Gasteiger charge is 2.41. The van der Waals surface area contributed by atoms with E-state index in [1.165, 1.54) is 109 Å². The van der Waals surface area contributed by atoms with E-state index in [1.807, 2.05) is 28.1 Å². The average Bonchev–Trinajstić information content (AvgIpc) is 2.76. The Morgan fingerprint density at radius 3 is 1.44 bits per heavy atom. The van der Waals surface area contributed by atoms with Crippen LogP contribution in [-0.4, -0.2) is 42.9 Å². The number of allylic oxidation sites excluding steroid dienone is 2. The van der Waals surface area contributed by atoms with Crippen molar-refractivity contribution in [1.29, 1.82) is 0 Å². The van der Waals surface area contributed by atoms with Gasteiger partial charge in [0.15, 0.2) is 5.78 Å². The molecule has 0 radical (unpaired) electrons. The molecular weight excluding hydrogens is 441 g/mol. The molecule has 0 aromatic carbocycles. The molecule has 0 aliphatic heterocycles. The summed E-state index contributed by atoms with van der Waals surface area (Å²) in [6.07, 6.45) is 30.4. The minimum Gasteiger partial charge on any atom is -0.320 e. The van der Waals surface area contributed by atoms with Gasteiger partial charge in [0.25, 0.3) is 0 Å². The molecule has 0 spiro atoms. The molecule has 0 aliphatic carbocycles. The molecule has 2 unspecified atom stereocenters. The minimum absolute atomic E-state index is 0.351. The Kier molecular flexibility index (Phi) is 22.0. The van der Waals surface area contributed by atoms with Crippen molar-refractivity contribution in [3.63, 3.8) is 0 Å². The zero-order valence-corrected chi connectivity index (χ0v) is 24.6. The molecule has 0 saturated carbocycles. The predicted molar refractivity (Wildman–Crippen MR) is 150 cm³/mol. The maximum atomic E-state index is 12.5. The SMILES string of the molecule is CCCCCCCCCCCCC/C=C\CCCCCCCCOP(=O)(O)C(CC)[N+](C)(C)C. The van der Waals surface area contributed by atoms with E-state index in [9.17, 15) is 9.46 Å². The van der Waals surface area contributed by atoms with E-state index >= 15 is 0 Å². The van der Waals surface area contributed by atoms with Crippen molar-refractivity contribution >= 4 is 7.60 Å². The second-order valence-corrected chi connectivity index (χ2v) is 13.1. The third-order valence-electron chi connectivity index (χ3n) is 6.82. The molecule has 2 atom stereocenters. The van der Waals surface area contributed by atoms with Crippen molar-refractivity contribution in [3.05, 3.63) is 12.2 Å². The average molecular weight is 503 g/mol. The Morgan fingerprint density at radius 1 is 0.676 bits per heavy atom. The molecule has 0 aliphatic rings. The normalized spacial score (nSPS) is 15.1. The van der Waals surface area contributed by atoms with Gasteiger partial charge in [0.05, 0.1) is 27.7 Å². The summed E-state index contributed by atoms with van der Waals surface area (Å²) < 4.78 is 18.4. The van der Waals surface area contributed by atoms with Crippen LogP contribution in [0.4, 0.5) is 0 Å². The summed E-state index contributed by atoms with van der Waals surface area (Å²) in [5.41, 5.74) is 0. The molecule has 0 aromatic heterocycles. The minimum atomic E-state index is -3.56. The zero-order chi connectivity index (χ0) is 25.5. The molecule has 0 rings (SSSR count). The van der Waals surface area contributed by atoms with Crippen molar-refractivity contribution in [3.8, 4) is 0 Å². The van der Waals surface area contributed by atoms with Gasteiger partial charge in [-0.3, -0.25) is 4.57 Å². The van der Waals surface area contributed by atoms with Gasteiger partial charge < -0.3 is 13.9 Å². The van der Waals surface area contributed by atoms with E-state index in [2.05, 4.69) is 19.1 Å². The number of unbranched alkanes of at least 4 members (excludes halogenated alkanes) is 17. The number of rotatable bonds is 25. The summed E-state index contributed by atoms with van der Waals surface area (Å²) in [6.45, 7) is 4.63. The van der Waals surface area contributed by atoms with Crippen molar-refractivity contribution in [1.82, 2.24) is 0 Å². The lowest BCUT2D eigenvalue weighted by Crippen LogP contribution is -2.44. The first-order chi connectivity index (χ1) is 16.3. The zero-order valence-electron chi connectivity index (χ0n) is 23.7. The molecule has 0 bridgehead atoms. The predicted octanol–water partition coefficient (Wildman–Crippen LogP) is 9.62. The Bertz CT molecular complexity index is 516. The monoisotopic (exact) mass is 502 g/mol. The van der Waals surface area contributed by atoms with Crippen LogP contribution in [0, 0.1) is 0 Å². The topological polar surface area (TPSA) is 46.5 Å². The van der Waals surface area contributed by atoms with Gasteiger partial charge in [0, 0.05) is 6.42 Å². The van der Waals surface area contributed by atoms with Gasteiger partial charge in [0.2, 0.25) is 0 Å². The summed E-state index contributed by atoms with van der Waals surface area (Å²) in [7, 11) is 2.30. The van der Waals surface area contributed by atoms with Gasteiger partial charge in [-0.25, -0.2) is 0 Å². The molecular formula is C29H61NO3P+. The maximum Gasteiger partial charge on any atom is 0.385 e. The van der Waals surface area contributed by atoms with Crippen molar-refractivity contribution in [2.75, 3.05) is 27.7 Å². The number of quaternary nitrogens is 1. The maximum absolute atomic E-state index is 12.5. The highest BCUT2D eigenvalue weighted by atomic mass is 31.2. The Hall–Kier alpha value is -0.150. The van der Waals surface area contributed by atoms with E-state index < -0.39 is 7.60 Å². The number of nitrogens with zero attached hydrogens (tertiary/aromatic N) is 1. The van der Waals surface area contributed by atoms with E-state index in [1.54, 1.807) is 0 Å². The van der Waals surface area contributed by atoms with Crippen LogP contribution in [0.2, 0.25) is 0 Å². The third-order valence-corrected chi connectivity index (χ3v) is 9.18. The standard InChI is InChI=1S/C29H60NO3P/c1-6-8-9-10-11-12-13-14-15-16-17-18-19-20-21-22-23-24-25-26-27-28-33-34(31,32)29(7-2)30(3,4)5/h19-20,29H,6-18,21-28H2,1-5H3/p+1/b20-19-. The van der Waals surface area contributed by atoms with Gasteiger partial charge in [0.1, 0.15) is 0 Å². The first kappa shape index (κ1) is 33.8. The molecule has 0 saturated heterocycles. The quantitative estimate of drug-likeness (QED) is 0.0585. The summed E-state index contributed by atoms with van der Waals surface area (Å²) in [4.78, 5) is 10.3. The smallest absolute Gasteiger partial charge is 0.320 e. The van der Waals surface area contributed by atoms with Crippen LogP contribution < -0.4 is 0 Å². The summed E-state index contributed by atoms with van der Waals surface area (Å²) in [5, 5.41) is 0. The second-order valence-electron chi connectivity index (χ2n) is 11.1. The molecule has 4 nitrogen and oxygen atoms in total. The van der Waals surface area contributed by atoms with Gasteiger partial charge in [-0.05, 0) is 32.1 Å². The first-order valence-electron chi connectivity index (χ1n) is 14.7. The molecule has 0 fully saturated rings. The van der Waals surface area contributed by atoms with Crippen molar-refractivity contribution in [2.45, 2.75) is 148 Å². The lowest BCUT2D eigenvalue weighted by molar-refractivity contribution is -0.883. The molecule has 5 heteroatoms. The van der Waals surface area contributed by atoms with Crippen molar-refractivity contribution < 1.29 is 18.5 Å². The summed E-state index contributed by atoms with van der Waals surface area (Å²) in [5.74, 6) is -0.351. The van der Waals surface area contributed by atoms with Crippen molar-refractivity contribution in [2.24, 2.45) is 0 Å². The molecule has 34 heavy (non-hydrogen) atoms. The van der Waals surface area contributed by atoms with Gasteiger partial charge in [-0.2, -0.15) is 0 Å². The van der Waals surface area contributed by atoms with E-state index in [0.29, 0.717) is 17.5 Å². The molecule has 0 aromatic rings. The fourth-order valence-corrected chi connectivity index (χ4v) is 6.63. The molecule has 0 heterocycles. The molecule has 1 N–H and O–H groups in total. The van der Waals surface area contributed by atoms with Crippen LogP contribution in [0.1, 0.15) is 142 Å². The lowest BCUT2D eigenvalue weighted by atomic mass is 10.0. The molecule has 0 amide bonds. The van der Waals surface area contributed by atoms with Crippen LogP contribution >= 0.6 is 7.60 Å². The summed E-state index contributed by atoms with van der Waals surface area (Å²) >= 11 is 0. The van der Waals surface area contributed by atoms with E-state index in [0.717, 1.165) is 12.8 Å². The van der Waals surface area contributed by atoms with Gasteiger partial charge >= 0.3 is 7.60 Å². The lowest BCUT2D eigenvalue weighted by Gasteiger charge is -2.35. The fourth-order valence-electron chi connectivity index (χ4n) is 4.73. The first-order valence-corrected chi connectivity index (χ1v) is 16.3. The van der Waals surface area contributed by atoms with Crippen LogP contribution in [-0.2, 0) is 9.09 Å². The van der Waals surface area contributed by atoms with Crippen LogP contribution in [0.5, 0.6) is 0 Å². The Balaban J connectivity index is 3.42. The van der Waals surface area contributed by atoms with E-state index in [-0.39, 0.29) is 5.78 Å². The Labute approximate surface area is 214 Å². The number of hydrogen-bond acceptors (Lipinski definition) is 2. The van der Waals surface area contributed by atoms with E-state index in [4.69, 9.17) is 4.52 Å². The fraction of sp³-hybridized carbons (Fsp3) is 0.931.